The van der Waals surface area contributed by atoms with E-state index in [4.69, 9.17) is 0 Å². The largest absolute Gasteiger partial charge is 0.442 e. The van der Waals surface area contributed by atoms with Crippen LogP contribution in [0.25, 0.3) is 0 Å². The van der Waals surface area contributed by atoms with Crippen molar-refractivity contribution in [2.75, 3.05) is 0 Å². The predicted molar refractivity (Wildman–Crippen MR) is 65.0 cm³/mol. The lowest BCUT2D eigenvalue weighted by Crippen LogP contribution is -2.56. The summed E-state index contributed by atoms with van der Waals surface area (Å²) in [7, 11) is 0. The first-order chi connectivity index (χ1) is 11.0. The van der Waals surface area contributed by atoms with Gasteiger partial charge in [-0.3, -0.25) is 4.79 Å². The van der Waals surface area contributed by atoms with Crippen molar-refractivity contribution in [1.29, 1.82) is 0 Å². The number of ether oxygens (including phenoxy) is 1. The molecule has 0 heterocycles. The van der Waals surface area contributed by atoms with Crippen LogP contribution in [-0.2, 0) is 9.53 Å². The highest BCUT2D eigenvalue weighted by atomic mass is 19.4. The van der Waals surface area contributed by atoms with Crippen LogP contribution in [0, 0.1) is 29.1 Å². The summed E-state index contributed by atoms with van der Waals surface area (Å²) < 4.78 is 119. The predicted octanol–water partition coefficient (Wildman–Crippen LogP) is 4.88. The minimum atomic E-state index is -6.06. The molecule has 2 bridgehead atoms. The molecule has 0 N–H and O–H groups in total. The van der Waals surface area contributed by atoms with Crippen LogP contribution in [0.3, 0.4) is 0 Å². The van der Waals surface area contributed by atoms with Gasteiger partial charge in [-0.05, 0) is 36.5 Å². The van der Waals surface area contributed by atoms with Gasteiger partial charge >= 0.3 is 24.5 Å². The van der Waals surface area contributed by atoms with E-state index in [1.807, 2.05) is 0 Å². The zero-order chi connectivity index (χ0) is 19.6. The van der Waals surface area contributed by atoms with Crippen molar-refractivity contribution in [3.05, 3.63) is 0 Å². The Morgan fingerprint density at radius 1 is 0.960 bits per heavy atom. The third-order valence-electron chi connectivity index (χ3n) is 5.67. The van der Waals surface area contributed by atoms with Gasteiger partial charge in [-0.1, -0.05) is 13.8 Å². The zero-order valence-electron chi connectivity index (χ0n) is 13.0. The Morgan fingerprint density at radius 2 is 1.44 bits per heavy atom. The van der Waals surface area contributed by atoms with Crippen molar-refractivity contribution < 1.29 is 49.0 Å². The molecule has 0 aliphatic heterocycles. The quantitative estimate of drug-likeness (QED) is 0.499. The Bertz CT molecular complexity index is 520. The standard InChI is InChI=1S/C14H15F9O2/c1-5-6(2)8-3-7(5)4-11(8,14(21,22)23)10(24)25-9(12(15,16)17)13(18,19)20/h5-9H,3-4H2,1-2H3. The lowest BCUT2D eigenvalue weighted by Gasteiger charge is -2.42. The lowest BCUT2D eigenvalue weighted by molar-refractivity contribution is -0.325. The third-order valence-corrected chi connectivity index (χ3v) is 5.67. The van der Waals surface area contributed by atoms with Crippen LogP contribution in [0.4, 0.5) is 39.5 Å². The molecule has 146 valence electrons. The van der Waals surface area contributed by atoms with Crippen LogP contribution in [0.1, 0.15) is 26.7 Å². The molecule has 25 heavy (non-hydrogen) atoms. The van der Waals surface area contributed by atoms with E-state index in [1.165, 1.54) is 6.92 Å². The monoisotopic (exact) mass is 386 g/mol. The number of esters is 1. The summed E-state index contributed by atoms with van der Waals surface area (Å²) in [5.74, 6) is -5.39. The van der Waals surface area contributed by atoms with Gasteiger partial charge in [-0.2, -0.15) is 39.5 Å². The smallest absolute Gasteiger partial charge is 0.434 e. The molecular weight excluding hydrogens is 371 g/mol. The second kappa shape index (κ2) is 5.67. The van der Waals surface area contributed by atoms with Gasteiger partial charge in [0.2, 0.25) is 0 Å². The molecular formula is C14H15F9O2. The van der Waals surface area contributed by atoms with E-state index in [0.717, 1.165) is 0 Å². The van der Waals surface area contributed by atoms with Gasteiger partial charge in [0.15, 0.2) is 5.41 Å². The summed E-state index contributed by atoms with van der Waals surface area (Å²) in [6.07, 6.45) is -22.9. The second-order valence-corrected chi connectivity index (χ2v) is 6.86. The highest BCUT2D eigenvalue weighted by Crippen LogP contribution is 2.66. The van der Waals surface area contributed by atoms with Crippen molar-refractivity contribution in [3.8, 4) is 0 Å². The molecule has 0 saturated heterocycles. The van der Waals surface area contributed by atoms with Gasteiger partial charge in [0.1, 0.15) is 0 Å². The maximum atomic E-state index is 13.6. The highest BCUT2D eigenvalue weighted by molar-refractivity contribution is 5.79. The number of alkyl halides is 9. The second-order valence-electron chi connectivity index (χ2n) is 6.86. The van der Waals surface area contributed by atoms with Crippen LogP contribution < -0.4 is 0 Å². The first kappa shape index (κ1) is 20.2. The summed E-state index contributed by atoms with van der Waals surface area (Å²) in [6.45, 7) is 3.06. The summed E-state index contributed by atoms with van der Waals surface area (Å²) in [4.78, 5) is 12.0. The SMILES string of the molecule is CC1C2CC(C1C)C(C(=O)OC(C(F)(F)F)C(F)(F)F)(C(F)(F)F)C2. The molecule has 2 aliphatic carbocycles. The van der Waals surface area contributed by atoms with Crippen molar-refractivity contribution >= 4 is 5.97 Å². The van der Waals surface area contributed by atoms with E-state index in [-0.39, 0.29) is 12.3 Å². The van der Waals surface area contributed by atoms with Gasteiger partial charge in [-0.15, -0.1) is 0 Å². The molecule has 2 aliphatic rings. The van der Waals surface area contributed by atoms with Crippen LogP contribution in [-0.4, -0.2) is 30.6 Å². The van der Waals surface area contributed by atoms with E-state index in [9.17, 15) is 44.3 Å². The first-order valence-electron chi connectivity index (χ1n) is 7.44. The summed E-state index contributed by atoms with van der Waals surface area (Å²) in [5.41, 5.74) is -3.33. The minimum Gasteiger partial charge on any atom is -0.442 e. The van der Waals surface area contributed by atoms with Crippen LogP contribution in [0.2, 0.25) is 0 Å². The number of carbonyl (C=O) groups excluding carboxylic acids is 1. The molecule has 0 spiro atoms. The number of rotatable bonds is 2. The topological polar surface area (TPSA) is 26.3 Å². The molecule has 0 aromatic carbocycles. The van der Waals surface area contributed by atoms with Crippen molar-refractivity contribution in [2.45, 2.75) is 51.3 Å². The van der Waals surface area contributed by atoms with Gasteiger partial charge in [0.05, 0.1) is 0 Å². The lowest BCUT2D eigenvalue weighted by atomic mass is 9.65. The van der Waals surface area contributed by atoms with Crippen LogP contribution >= 0.6 is 0 Å². The summed E-state index contributed by atoms with van der Waals surface area (Å²) in [6, 6.07) is 0. The first-order valence-corrected chi connectivity index (χ1v) is 7.44. The van der Waals surface area contributed by atoms with E-state index in [1.54, 1.807) is 6.92 Å². The Hall–Kier alpha value is -1.16. The van der Waals surface area contributed by atoms with Gasteiger partial charge < -0.3 is 4.74 Å². The molecule has 0 radical (unpaired) electrons. The number of carbonyl (C=O) groups is 1. The number of hydrogen-bond donors (Lipinski definition) is 0. The normalized spacial score (nSPS) is 36.2. The molecule has 2 fully saturated rings. The summed E-state index contributed by atoms with van der Waals surface area (Å²) in [5, 5.41) is 0. The molecule has 2 rings (SSSR count). The molecule has 2 nitrogen and oxygen atoms in total. The molecule has 5 atom stereocenters. The average molecular weight is 386 g/mol. The zero-order valence-corrected chi connectivity index (χ0v) is 13.0. The van der Waals surface area contributed by atoms with E-state index < -0.39 is 60.2 Å². The Kier molecular flexibility index (Phi) is 4.57. The molecule has 2 saturated carbocycles. The Morgan fingerprint density at radius 3 is 1.76 bits per heavy atom. The maximum absolute atomic E-state index is 13.6. The fourth-order valence-corrected chi connectivity index (χ4v) is 4.24. The number of fused-ring (bicyclic) bond motifs is 2. The van der Waals surface area contributed by atoms with Crippen LogP contribution in [0.15, 0.2) is 0 Å². The van der Waals surface area contributed by atoms with E-state index in [2.05, 4.69) is 4.74 Å². The van der Waals surface area contributed by atoms with E-state index in [0.29, 0.717) is 0 Å². The highest BCUT2D eigenvalue weighted by Gasteiger charge is 2.74. The number of hydrogen-bond acceptors (Lipinski definition) is 2. The van der Waals surface area contributed by atoms with Crippen LogP contribution in [0.5, 0.6) is 0 Å². The molecule has 11 heteroatoms. The number of halogens is 9. The Labute approximate surface area is 136 Å². The van der Waals surface area contributed by atoms with Gasteiger partial charge in [0.25, 0.3) is 6.10 Å². The Balaban J connectivity index is 2.40. The molecule has 0 aromatic heterocycles. The van der Waals surface area contributed by atoms with Gasteiger partial charge in [-0.25, -0.2) is 0 Å². The van der Waals surface area contributed by atoms with E-state index >= 15 is 0 Å². The van der Waals surface area contributed by atoms with Crippen molar-refractivity contribution in [2.24, 2.45) is 29.1 Å². The fourth-order valence-electron chi connectivity index (χ4n) is 4.24. The minimum absolute atomic E-state index is 0.0837. The summed E-state index contributed by atoms with van der Waals surface area (Å²) >= 11 is 0. The van der Waals surface area contributed by atoms with Gasteiger partial charge in [0, 0.05) is 0 Å². The maximum Gasteiger partial charge on any atom is 0.434 e. The fraction of sp³-hybridized carbons (Fsp3) is 0.929. The third kappa shape index (κ3) is 3.07. The average Bonchev–Trinajstić information content (AvgIpc) is 2.91. The molecule has 0 aromatic rings. The molecule has 5 unspecified atom stereocenters. The van der Waals surface area contributed by atoms with Crippen molar-refractivity contribution in [3.63, 3.8) is 0 Å². The van der Waals surface area contributed by atoms with Crippen molar-refractivity contribution in [1.82, 2.24) is 0 Å². The molecule has 0 amide bonds.